The van der Waals surface area contributed by atoms with E-state index in [1.807, 2.05) is 6.92 Å². The molecule has 0 saturated carbocycles. The van der Waals surface area contributed by atoms with Crippen LogP contribution in [0.3, 0.4) is 0 Å². The highest BCUT2D eigenvalue weighted by Gasteiger charge is 2.26. The van der Waals surface area contributed by atoms with Crippen LogP contribution in [0, 0.1) is 0 Å². The number of rotatable bonds is 12. The predicted octanol–water partition coefficient (Wildman–Crippen LogP) is 5.45. The summed E-state index contributed by atoms with van der Waals surface area (Å²) in [6.45, 7) is 5.05. The molecule has 0 radical (unpaired) electrons. The van der Waals surface area contributed by atoms with Crippen molar-refractivity contribution in [2.75, 3.05) is 6.54 Å². The van der Waals surface area contributed by atoms with Gasteiger partial charge in [-0.1, -0.05) is 52.4 Å². The van der Waals surface area contributed by atoms with E-state index in [1.54, 1.807) is 0 Å². The van der Waals surface area contributed by atoms with E-state index in [2.05, 4.69) is 12.2 Å². The van der Waals surface area contributed by atoms with E-state index >= 15 is 0 Å². The molecule has 0 heterocycles. The van der Waals surface area contributed by atoms with Crippen LogP contribution in [0.2, 0.25) is 0 Å². The van der Waals surface area contributed by atoms with Gasteiger partial charge in [0, 0.05) is 12.5 Å². The van der Waals surface area contributed by atoms with Gasteiger partial charge in [0.2, 0.25) is 0 Å². The summed E-state index contributed by atoms with van der Waals surface area (Å²) in [5.41, 5.74) is 0. The number of nitrogens with one attached hydrogen (secondary N) is 1. The molecule has 0 aromatic carbocycles. The Bertz CT molecular complexity index is 192. The molecule has 1 N–H and O–H groups in total. The normalized spacial score (nSPS) is 13.7. The Morgan fingerprint density at radius 1 is 0.842 bits per heavy atom. The van der Waals surface area contributed by atoms with Crippen molar-refractivity contribution < 1.29 is 13.2 Å². The second-order valence-electron chi connectivity index (χ2n) is 5.32. The van der Waals surface area contributed by atoms with Crippen molar-refractivity contribution in [3.63, 3.8) is 0 Å². The molecule has 0 fully saturated rings. The molecule has 4 heteroatoms. The summed E-state index contributed by atoms with van der Waals surface area (Å²) < 4.78 is 36.3. The number of hydrogen-bond donors (Lipinski definition) is 1. The molecular formula is C15H30F3N. The Labute approximate surface area is 116 Å². The quantitative estimate of drug-likeness (QED) is 0.469. The molecule has 0 spiro atoms. The van der Waals surface area contributed by atoms with Crippen molar-refractivity contribution in [3.8, 4) is 0 Å². The fourth-order valence-electron chi connectivity index (χ4n) is 2.36. The summed E-state index contributed by atoms with van der Waals surface area (Å²) in [7, 11) is 0. The average molecular weight is 281 g/mol. The zero-order valence-electron chi connectivity index (χ0n) is 12.5. The van der Waals surface area contributed by atoms with Gasteiger partial charge in [-0.3, -0.25) is 0 Å². The molecule has 0 aromatic heterocycles. The Kier molecular flexibility index (Phi) is 11.4. The van der Waals surface area contributed by atoms with Crippen LogP contribution in [0.4, 0.5) is 13.2 Å². The minimum Gasteiger partial charge on any atom is -0.314 e. The van der Waals surface area contributed by atoms with Crippen LogP contribution in [0.15, 0.2) is 0 Å². The largest absolute Gasteiger partial charge is 0.389 e. The minimum atomic E-state index is -4.00. The van der Waals surface area contributed by atoms with Gasteiger partial charge in [-0.15, -0.1) is 0 Å². The molecule has 0 rings (SSSR count). The molecule has 0 aromatic rings. The van der Waals surface area contributed by atoms with Crippen molar-refractivity contribution in [1.82, 2.24) is 5.32 Å². The number of halogens is 3. The third-order valence-corrected chi connectivity index (χ3v) is 3.41. The van der Waals surface area contributed by atoms with Crippen LogP contribution in [-0.4, -0.2) is 18.8 Å². The van der Waals surface area contributed by atoms with E-state index in [-0.39, 0.29) is 12.5 Å². The SMILES string of the molecule is CCCCCCCCC(CCCC(F)(F)F)NCC. The van der Waals surface area contributed by atoms with Crippen molar-refractivity contribution in [2.45, 2.75) is 90.3 Å². The van der Waals surface area contributed by atoms with Gasteiger partial charge >= 0.3 is 6.18 Å². The first-order valence-electron chi connectivity index (χ1n) is 7.79. The summed E-state index contributed by atoms with van der Waals surface area (Å²) in [6, 6.07) is 0.263. The average Bonchev–Trinajstić information content (AvgIpc) is 2.32. The van der Waals surface area contributed by atoms with Gasteiger partial charge in [0.15, 0.2) is 0 Å². The number of alkyl halides is 3. The van der Waals surface area contributed by atoms with Crippen LogP contribution in [0.25, 0.3) is 0 Å². The lowest BCUT2D eigenvalue weighted by Gasteiger charge is -2.18. The van der Waals surface area contributed by atoms with Crippen LogP contribution >= 0.6 is 0 Å². The Balaban J connectivity index is 3.62. The van der Waals surface area contributed by atoms with Crippen molar-refractivity contribution in [3.05, 3.63) is 0 Å². The Hall–Kier alpha value is -0.250. The maximum Gasteiger partial charge on any atom is 0.389 e. The van der Waals surface area contributed by atoms with E-state index in [0.717, 1.165) is 19.4 Å². The molecule has 0 bridgehead atoms. The van der Waals surface area contributed by atoms with Gasteiger partial charge in [0.1, 0.15) is 0 Å². The first kappa shape index (κ1) is 18.8. The lowest BCUT2D eigenvalue weighted by atomic mass is 10.0. The molecule has 0 aliphatic heterocycles. The molecule has 0 saturated heterocycles. The summed E-state index contributed by atoms with van der Waals surface area (Å²) in [6.07, 6.45) is 4.68. The minimum absolute atomic E-state index is 0.247. The zero-order valence-corrected chi connectivity index (χ0v) is 12.5. The molecule has 0 aliphatic rings. The van der Waals surface area contributed by atoms with E-state index in [9.17, 15) is 13.2 Å². The van der Waals surface area contributed by atoms with E-state index in [0.29, 0.717) is 6.42 Å². The summed E-state index contributed by atoms with van der Waals surface area (Å²) in [4.78, 5) is 0. The van der Waals surface area contributed by atoms with E-state index < -0.39 is 12.6 Å². The van der Waals surface area contributed by atoms with Gasteiger partial charge in [0.25, 0.3) is 0 Å². The predicted molar refractivity (Wildman–Crippen MR) is 75.4 cm³/mol. The molecule has 1 atom stereocenters. The van der Waals surface area contributed by atoms with Gasteiger partial charge in [0.05, 0.1) is 0 Å². The fraction of sp³-hybridized carbons (Fsp3) is 1.00. The first-order valence-corrected chi connectivity index (χ1v) is 7.79. The van der Waals surface area contributed by atoms with E-state index in [4.69, 9.17) is 0 Å². The lowest BCUT2D eigenvalue weighted by Crippen LogP contribution is -2.29. The number of hydrogen-bond acceptors (Lipinski definition) is 1. The highest BCUT2D eigenvalue weighted by molar-refractivity contribution is 4.67. The smallest absolute Gasteiger partial charge is 0.314 e. The molecule has 1 nitrogen and oxygen atoms in total. The second kappa shape index (κ2) is 11.6. The van der Waals surface area contributed by atoms with Gasteiger partial charge < -0.3 is 5.32 Å². The summed E-state index contributed by atoms with van der Waals surface area (Å²) in [5.74, 6) is 0. The maximum atomic E-state index is 12.1. The molecule has 0 amide bonds. The van der Waals surface area contributed by atoms with Gasteiger partial charge in [-0.2, -0.15) is 13.2 Å². The fourth-order valence-corrected chi connectivity index (χ4v) is 2.36. The monoisotopic (exact) mass is 281 g/mol. The third-order valence-electron chi connectivity index (χ3n) is 3.41. The standard InChI is InChI=1S/C15H30F3N/c1-3-5-6-7-8-9-11-14(19-4-2)12-10-13-15(16,17)18/h14,19H,3-13H2,1-2H3. The van der Waals surface area contributed by atoms with Crippen molar-refractivity contribution in [2.24, 2.45) is 0 Å². The molecule has 116 valence electrons. The number of unbranched alkanes of at least 4 members (excludes halogenated alkanes) is 5. The molecule has 19 heavy (non-hydrogen) atoms. The topological polar surface area (TPSA) is 12.0 Å². The van der Waals surface area contributed by atoms with E-state index in [1.165, 1.54) is 32.1 Å². The Morgan fingerprint density at radius 3 is 2.00 bits per heavy atom. The highest BCUT2D eigenvalue weighted by Crippen LogP contribution is 2.23. The zero-order chi connectivity index (χ0) is 14.6. The van der Waals surface area contributed by atoms with Gasteiger partial charge in [-0.05, 0) is 25.8 Å². The molecular weight excluding hydrogens is 251 g/mol. The lowest BCUT2D eigenvalue weighted by molar-refractivity contribution is -0.135. The molecule has 1 unspecified atom stereocenters. The highest BCUT2D eigenvalue weighted by atomic mass is 19.4. The summed E-state index contributed by atoms with van der Waals surface area (Å²) >= 11 is 0. The van der Waals surface area contributed by atoms with Crippen LogP contribution < -0.4 is 5.32 Å². The van der Waals surface area contributed by atoms with Crippen LogP contribution in [0.5, 0.6) is 0 Å². The molecule has 0 aliphatic carbocycles. The van der Waals surface area contributed by atoms with Crippen molar-refractivity contribution >= 4 is 0 Å². The maximum absolute atomic E-state index is 12.1. The van der Waals surface area contributed by atoms with Crippen LogP contribution in [-0.2, 0) is 0 Å². The van der Waals surface area contributed by atoms with Gasteiger partial charge in [-0.25, -0.2) is 0 Å². The third kappa shape index (κ3) is 14.0. The van der Waals surface area contributed by atoms with Crippen molar-refractivity contribution in [1.29, 1.82) is 0 Å². The Morgan fingerprint density at radius 2 is 1.42 bits per heavy atom. The second-order valence-corrected chi connectivity index (χ2v) is 5.32. The summed E-state index contributed by atoms with van der Waals surface area (Å²) in [5, 5.41) is 3.30. The first-order chi connectivity index (χ1) is 8.99. The van der Waals surface area contributed by atoms with Crippen LogP contribution in [0.1, 0.15) is 78.1 Å².